The van der Waals surface area contributed by atoms with Crippen molar-refractivity contribution < 1.29 is 13.2 Å². The van der Waals surface area contributed by atoms with Gasteiger partial charge in [0.2, 0.25) is 10.0 Å². The quantitative estimate of drug-likeness (QED) is 0.582. The first kappa shape index (κ1) is 18.2. The van der Waals surface area contributed by atoms with Gasteiger partial charge in [0.1, 0.15) is 5.69 Å². The number of aryl methyl sites for hydroxylation is 2. The van der Waals surface area contributed by atoms with Crippen LogP contribution < -0.4 is 10.0 Å². The van der Waals surface area contributed by atoms with Crippen LogP contribution in [0.3, 0.4) is 0 Å². The number of H-pyrrole nitrogens is 1. The highest BCUT2D eigenvalue weighted by Crippen LogP contribution is 2.16. The fourth-order valence-electron chi connectivity index (χ4n) is 2.73. The molecule has 0 saturated carbocycles. The lowest BCUT2D eigenvalue weighted by Crippen LogP contribution is -2.35. The monoisotopic (exact) mass is 371 g/mol. The van der Waals surface area contributed by atoms with E-state index in [9.17, 15) is 13.2 Å². The number of fused-ring (bicyclic) bond motifs is 1. The lowest BCUT2D eigenvalue weighted by Gasteiger charge is -2.10. The number of carbonyl (C=O) groups excluding carboxylic acids is 1. The molecule has 3 N–H and O–H groups in total. The Hall–Kier alpha value is -2.64. The van der Waals surface area contributed by atoms with Crippen molar-refractivity contribution in [2.24, 2.45) is 0 Å². The van der Waals surface area contributed by atoms with Gasteiger partial charge in [-0.05, 0) is 43.2 Å². The molecule has 0 bridgehead atoms. The summed E-state index contributed by atoms with van der Waals surface area (Å²) in [6.07, 6.45) is 0. The zero-order chi connectivity index (χ0) is 18.7. The van der Waals surface area contributed by atoms with Gasteiger partial charge in [-0.2, -0.15) is 0 Å². The van der Waals surface area contributed by atoms with Gasteiger partial charge in [-0.25, -0.2) is 13.1 Å². The third-order valence-corrected chi connectivity index (χ3v) is 5.71. The van der Waals surface area contributed by atoms with Crippen LogP contribution >= 0.6 is 0 Å². The van der Waals surface area contributed by atoms with E-state index in [0.717, 1.165) is 16.5 Å². The molecule has 0 fully saturated rings. The highest BCUT2D eigenvalue weighted by Gasteiger charge is 2.16. The second-order valence-corrected chi connectivity index (χ2v) is 7.93. The van der Waals surface area contributed by atoms with Crippen LogP contribution in [-0.4, -0.2) is 32.4 Å². The molecule has 2 aromatic carbocycles. The molecule has 6 nitrogen and oxygen atoms in total. The molecule has 1 aromatic heterocycles. The number of nitrogens with one attached hydrogen (secondary N) is 3. The standard InChI is InChI=1S/C19H21N3O3S/c1-13-7-8-14(2)18(11-13)26(24,25)21-10-9-20-19(23)17-12-15-5-3-4-6-16(15)22-17/h3-8,11-12,21-22H,9-10H2,1-2H3,(H,20,23). The van der Waals surface area contributed by atoms with Gasteiger partial charge in [0.05, 0.1) is 4.90 Å². The summed E-state index contributed by atoms with van der Waals surface area (Å²) in [5, 5.41) is 3.66. The van der Waals surface area contributed by atoms with E-state index in [1.54, 1.807) is 25.1 Å². The number of benzene rings is 2. The van der Waals surface area contributed by atoms with Crippen LogP contribution in [0.2, 0.25) is 0 Å². The number of aromatic nitrogens is 1. The molecule has 1 amide bonds. The van der Waals surface area contributed by atoms with E-state index in [2.05, 4.69) is 15.0 Å². The van der Waals surface area contributed by atoms with Crippen molar-refractivity contribution in [1.82, 2.24) is 15.0 Å². The van der Waals surface area contributed by atoms with E-state index in [1.165, 1.54) is 0 Å². The molecule has 7 heteroatoms. The number of hydrogen-bond donors (Lipinski definition) is 3. The van der Waals surface area contributed by atoms with E-state index < -0.39 is 10.0 Å². The Bertz CT molecular complexity index is 1020. The Morgan fingerprint density at radius 2 is 1.81 bits per heavy atom. The molecule has 26 heavy (non-hydrogen) atoms. The minimum atomic E-state index is -3.61. The van der Waals surface area contributed by atoms with Gasteiger partial charge < -0.3 is 10.3 Å². The summed E-state index contributed by atoms with van der Waals surface area (Å²) >= 11 is 0. The van der Waals surface area contributed by atoms with E-state index in [1.807, 2.05) is 37.3 Å². The summed E-state index contributed by atoms with van der Waals surface area (Å²) in [4.78, 5) is 15.5. The molecular formula is C19H21N3O3S. The Morgan fingerprint density at radius 1 is 1.04 bits per heavy atom. The van der Waals surface area contributed by atoms with Crippen LogP contribution in [-0.2, 0) is 10.0 Å². The van der Waals surface area contributed by atoms with Crippen LogP contribution in [0.25, 0.3) is 10.9 Å². The molecule has 1 heterocycles. The first-order valence-electron chi connectivity index (χ1n) is 8.30. The minimum absolute atomic E-state index is 0.113. The summed E-state index contributed by atoms with van der Waals surface area (Å²) in [5.74, 6) is -0.271. The zero-order valence-corrected chi connectivity index (χ0v) is 15.5. The first-order chi connectivity index (χ1) is 12.4. The summed E-state index contributed by atoms with van der Waals surface area (Å²) in [5.41, 5.74) is 2.89. The SMILES string of the molecule is Cc1ccc(C)c(S(=O)(=O)NCCNC(=O)c2cc3ccccc3[nH]2)c1. The second kappa shape index (κ2) is 7.31. The summed E-state index contributed by atoms with van der Waals surface area (Å²) in [6, 6.07) is 14.7. The summed E-state index contributed by atoms with van der Waals surface area (Å²) in [6.45, 7) is 3.91. The molecule has 0 radical (unpaired) electrons. The average Bonchev–Trinajstić information content (AvgIpc) is 3.05. The number of rotatable bonds is 6. The smallest absolute Gasteiger partial charge is 0.267 e. The maximum absolute atomic E-state index is 12.4. The first-order valence-corrected chi connectivity index (χ1v) is 9.78. The lowest BCUT2D eigenvalue weighted by atomic mass is 10.2. The molecular weight excluding hydrogens is 350 g/mol. The highest BCUT2D eigenvalue weighted by molar-refractivity contribution is 7.89. The van der Waals surface area contributed by atoms with Gasteiger partial charge in [0.25, 0.3) is 5.91 Å². The van der Waals surface area contributed by atoms with Crippen molar-refractivity contribution in [3.63, 3.8) is 0 Å². The Labute approximate surface area is 152 Å². The van der Waals surface area contributed by atoms with E-state index in [4.69, 9.17) is 0 Å². The number of amides is 1. The Balaban J connectivity index is 1.57. The third kappa shape index (κ3) is 3.95. The number of carbonyl (C=O) groups is 1. The summed E-state index contributed by atoms with van der Waals surface area (Å²) in [7, 11) is -3.61. The Morgan fingerprint density at radius 3 is 2.58 bits per heavy atom. The van der Waals surface area contributed by atoms with Gasteiger partial charge in [-0.1, -0.05) is 30.3 Å². The van der Waals surface area contributed by atoms with Crippen LogP contribution in [0, 0.1) is 13.8 Å². The topological polar surface area (TPSA) is 91.1 Å². The maximum Gasteiger partial charge on any atom is 0.267 e. The molecule has 0 aliphatic heterocycles. The lowest BCUT2D eigenvalue weighted by molar-refractivity contribution is 0.0950. The predicted molar refractivity (Wildman–Crippen MR) is 102 cm³/mol. The average molecular weight is 371 g/mol. The Kier molecular flexibility index (Phi) is 5.11. The van der Waals surface area contributed by atoms with E-state index in [-0.39, 0.29) is 23.9 Å². The minimum Gasteiger partial charge on any atom is -0.351 e. The van der Waals surface area contributed by atoms with Crippen molar-refractivity contribution in [2.45, 2.75) is 18.7 Å². The predicted octanol–water partition coefficient (Wildman–Crippen LogP) is 2.49. The molecule has 0 unspecified atom stereocenters. The van der Waals surface area contributed by atoms with Crippen molar-refractivity contribution >= 4 is 26.8 Å². The van der Waals surface area contributed by atoms with Gasteiger partial charge in [-0.15, -0.1) is 0 Å². The van der Waals surface area contributed by atoms with Gasteiger partial charge in [0.15, 0.2) is 0 Å². The molecule has 0 spiro atoms. The molecule has 136 valence electrons. The fraction of sp³-hybridized carbons (Fsp3) is 0.211. The van der Waals surface area contributed by atoms with E-state index in [0.29, 0.717) is 11.3 Å². The van der Waals surface area contributed by atoms with Gasteiger partial charge in [0, 0.05) is 24.0 Å². The van der Waals surface area contributed by atoms with Gasteiger partial charge >= 0.3 is 0 Å². The number of hydrogen-bond acceptors (Lipinski definition) is 3. The van der Waals surface area contributed by atoms with Crippen LogP contribution in [0.1, 0.15) is 21.6 Å². The van der Waals surface area contributed by atoms with E-state index >= 15 is 0 Å². The zero-order valence-electron chi connectivity index (χ0n) is 14.7. The normalized spacial score (nSPS) is 11.6. The van der Waals surface area contributed by atoms with Crippen molar-refractivity contribution in [2.75, 3.05) is 13.1 Å². The fourth-order valence-corrected chi connectivity index (χ4v) is 4.09. The molecule has 0 saturated heterocycles. The second-order valence-electron chi connectivity index (χ2n) is 6.19. The van der Waals surface area contributed by atoms with Gasteiger partial charge in [-0.3, -0.25) is 4.79 Å². The highest BCUT2D eigenvalue weighted by atomic mass is 32.2. The number of sulfonamides is 1. The van der Waals surface area contributed by atoms with Crippen molar-refractivity contribution in [1.29, 1.82) is 0 Å². The number of aromatic amines is 1. The molecule has 3 rings (SSSR count). The molecule has 0 aliphatic carbocycles. The molecule has 3 aromatic rings. The molecule has 0 atom stereocenters. The molecule has 0 aliphatic rings. The summed E-state index contributed by atoms with van der Waals surface area (Å²) < 4.78 is 27.3. The van der Waals surface area contributed by atoms with Crippen LogP contribution in [0.5, 0.6) is 0 Å². The van der Waals surface area contributed by atoms with Crippen molar-refractivity contribution in [3.05, 3.63) is 65.4 Å². The van der Waals surface area contributed by atoms with Crippen LogP contribution in [0.15, 0.2) is 53.4 Å². The largest absolute Gasteiger partial charge is 0.351 e. The number of para-hydroxylation sites is 1. The third-order valence-electron chi connectivity index (χ3n) is 4.11. The maximum atomic E-state index is 12.4. The van der Waals surface area contributed by atoms with Crippen molar-refractivity contribution in [3.8, 4) is 0 Å². The van der Waals surface area contributed by atoms with Crippen LogP contribution in [0.4, 0.5) is 0 Å².